The molecule has 0 radical (unpaired) electrons. The van der Waals surface area contributed by atoms with Crippen molar-refractivity contribution in [1.82, 2.24) is 0 Å². The summed E-state index contributed by atoms with van der Waals surface area (Å²) in [7, 11) is 0. The lowest BCUT2D eigenvalue weighted by Gasteiger charge is -2.13. The van der Waals surface area contributed by atoms with Crippen molar-refractivity contribution >= 4 is 33.3 Å². The van der Waals surface area contributed by atoms with E-state index in [9.17, 15) is 18.0 Å². The van der Waals surface area contributed by atoms with E-state index in [1.54, 1.807) is 0 Å². The summed E-state index contributed by atoms with van der Waals surface area (Å²) in [6.07, 6.45) is -4.67. The van der Waals surface area contributed by atoms with Crippen molar-refractivity contribution in [1.29, 1.82) is 0 Å². The lowest BCUT2D eigenvalue weighted by molar-refractivity contribution is -0.138. The van der Waals surface area contributed by atoms with E-state index in [1.807, 2.05) is 0 Å². The van der Waals surface area contributed by atoms with E-state index in [-0.39, 0.29) is 22.3 Å². The number of carbonyl (C=O) groups excluding carboxylic acids is 1. The fraction of sp³-hybridized carbons (Fsp3) is 0.300. The van der Waals surface area contributed by atoms with Gasteiger partial charge in [-0.25, -0.2) is 0 Å². The minimum atomic E-state index is -4.56. The van der Waals surface area contributed by atoms with Crippen LogP contribution in [-0.4, -0.2) is 11.7 Å². The third-order valence-electron chi connectivity index (χ3n) is 1.92. The predicted molar refractivity (Wildman–Crippen MR) is 58.8 cm³/mol. The van der Waals surface area contributed by atoms with Crippen LogP contribution in [0.2, 0.25) is 0 Å². The lowest BCUT2D eigenvalue weighted by Crippen LogP contribution is -2.14. The molecule has 1 rings (SSSR count). The summed E-state index contributed by atoms with van der Waals surface area (Å²) in [4.78, 5) is 11.5. The summed E-state index contributed by atoms with van der Waals surface area (Å²) in [6, 6.07) is 3.80. The standard InChI is InChI=1S/C10H7BrClF3O/c11-7-3-1-2-6(8(16)4-5-12)9(7)10(13,14)15/h1-3H,4-5H2. The number of ketones is 1. The van der Waals surface area contributed by atoms with Crippen molar-refractivity contribution in [2.45, 2.75) is 12.6 Å². The Balaban J connectivity index is 3.29. The monoisotopic (exact) mass is 314 g/mol. The molecule has 0 fully saturated rings. The second-order valence-electron chi connectivity index (χ2n) is 3.02. The van der Waals surface area contributed by atoms with Crippen LogP contribution in [0.3, 0.4) is 0 Å². The van der Waals surface area contributed by atoms with Gasteiger partial charge in [0.05, 0.1) is 5.56 Å². The van der Waals surface area contributed by atoms with Gasteiger partial charge < -0.3 is 0 Å². The first-order chi connectivity index (χ1) is 7.38. The number of hydrogen-bond acceptors (Lipinski definition) is 1. The number of benzene rings is 1. The average Bonchev–Trinajstić information content (AvgIpc) is 2.15. The largest absolute Gasteiger partial charge is 0.418 e. The molecule has 0 heterocycles. The lowest BCUT2D eigenvalue weighted by atomic mass is 10.0. The zero-order valence-electron chi connectivity index (χ0n) is 7.94. The number of halogens is 5. The fourth-order valence-corrected chi connectivity index (χ4v) is 2.03. The van der Waals surface area contributed by atoms with Gasteiger partial charge in [-0.3, -0.25) is 4.79 Å². The van der Waals surface area contributed by atoms with E-state index in [4.69, 9.17) is 11.6 Å². The molecule has 0 aliphatic carbocycles. The number of carbonyl (C=O) groups is 1. The molecule has 0 saturated heterocycles. The first kappa shape index (κ1) is 13.5. The minimum Gasteiger partial charge on any atom is -0.294 e. The molecule has 6 heteroatoms. The van der Waals surface area contributed by atoms with Crippen molar-refractivity contribution in [3.8, 4) is 0 Å². The Kier molecular flexibility index (Phi) is 4.38. The quantitative estimate of drug-likeness (QED) is 0.601. The van der Waals surface area contributed by atoms with Crippen LogP contribution in [0.4, 0.5) is 13.2 Å². The van der Waals surface area contributed by atoms with Gasteiger partial charge in [0.1, 0.15) is 0 Å². The van der Waals surface area contributed by atoms with Gasteiger partial charge >= 0.3 is 6.18 Å². The SMILES string of the molecule is O=C(CCCl)c1cccc(Br)c1C(F)(F)F. The Hall–Kier alpha value is -0.550. The average molecular weight is 316 g/mol. The van der Waals surface area contributed by atoms with Gasteiger partial charge in [0.25, 0.3) is 0 Å². The fourth-order valence-electron chi connectivity index (χ4n) is 1.27. The summed E-state index contributed by atoms with van der Waals surface area (Å²) >= 11 is 8.14. The molecule has 0 aliphatic heterocycles. The molecule has 0 unspecified atom stereocenters. The summed E-state index contributed by atoms with van der Waals surface area (Å²) in [6.45, 7) is 0. The van der Waals surface area contributed by atoms with Crippen LogP contribution in [0, 0.1) is 0 Å². The molecule has 88 valence electrons. The van der Waals surface area contributed by atoms with Crippen molar-refractivity contribution in [2.75, 3.05) is 5.88 Å². The topological polar surface area (TPSA) is 17.1 Å². The van der Waals surface area contributed by atoms with Crippen LogP contribution in [0.15, 0.2) is 22.7 Å². The molecule has 0 aromatic heterocycles. The first-order valence-corrected chi connectivity index (χ1v) is 5.65. The summed E-state index contributed by atoms with van der Waals surface area (Å²) in [5, 5.41) is 0. The van der Waals surface area contributed by atoms with E-state index < -0.39 is 17.5 Å². The maximum Gasteiger partial charge on any atom is 0.418 e. The zero-order chi connectivity index (χ0) is 12.3. The Morgan fingerprint density at radius 1 is 1.38 bits per heavy atom. The van der Waals surface area contributed by atoms with Crippen LogP contribution in [0.25, 0.3) is 0 Å². The molecule has 16 heavy (non-hydrogen) atoms. The van der Waals surface area contributed by atoms with Gasteiger partial charge in [0.2, 0.25) is 0 Å². The molecule has 0 atom stereocenters. The molecule has 1 aromatic carbocycles. The third kappa shape index (κ3) is 2.98. The van der Waals surface area contributed by atoms with Gasteiger partial charge in [-0.1, -0.05) is 28.1 Å². The highest BCUT2D eigenvalue weighted by Crippen LogP contribution is 2.37. The molecule has 0 saturated carbocycles. The molecule has 0 N–H and O–H groups in total. The maximum atomic E-state index is 12.7. The summed E-state index contributed by atoms with van der Waals surface area (Å²) < 4.78 is 37.9. The van der Waals surface area contributed by atoms with Crippen LogP contribution in [-0.2, 0) is 6.18 Å². The van der Waals surface area contributed by atoms with Crippen LogP contribution >= 0.6 is 27.5 Å². The van der Waals surface area contributed by atoms with Crippen LogP contribution in [0.1, 0.15) is 22.3 Å². The van der Waals surface area contributed by atoms with Crippen molar-refractivity contribution < 1.29 is 18.0 Å². The molecule has 1 nitrogen and oxygen atoms in total. The molecule has 0 bridgehead atoms. The molecule has 0 aliphatic rings. The first-order valence-electron chi connectivity index (χ1n) is 4.32. The van der Waals surface area contributed by atoms with Gasteiger partial charge in [0, 0.05) is 22.3 Å². The van der Waals surface area contributed by atoms with E-state index in [2.05, 4.69) is 15.9 Å². The summed E-state index contributed by atoms with van der Waals surface area (Å²) in [5.41, 5.74) is -1.28. The molecular weight excluding hydrogens is 308 g/mol. The number of Topliss-reactive ketones (excluding diaryl/α,β-unsaturated/α-hetero) is 1. The molecule has 0 amide bonds. The minimum absolute atomic E-state index is 0.00262. The van der Waals surface area contributed by atoms with E-state index in [0.29, 0.717) is 0 Å². The highest BCUT2D eigenvalue weighted by Gasteiger charge is 2.37. The van der Waals surface area contributed by atoms with Crippen molar-refractivity contribution in [3.05, 3.63) is 33.8 Å². The second kappa shape index (κ2) is 5.19. The van der Waals surface area contributed by atoms with E-state index in [1.165, 1.54) is 12.1 Å². The zero-order valence-corrected chi connectivity index (χ0v) is 10.3. The highest BCUT2D eigenvalue weighted by atomic mass is 79.9. The van der Waals surface area contributed by atoms with Crippen molar-refractivity contribution in [3.63, 3.8) is 0 Å². The van der Waals surface area contributed by atoms with Gasteiger partial charge in [-0.2, -0.15) is 13.2 Å². The Bertz CT molecular complexity index is 404. The van der Waals surface area contributed by atoms with Gasteiger partial charge in [0.15, 0.2) is 5.78 Å². The van der Waals surface area contributed by atoms with Crippen LogP contribution in [0.5, 0.6) is 0 Å². The van der Waals surface area contributed by atoms with Gasteiger partial charge in [-0.05, 0) is 6.07 Å². The normalized spacial score (nSPS) is 11.6. The molecule has 0 spiro atoms. The highest BCUT2D eigenvalue weighted by molar-refractivity contribution is 9.10. The van der Waals surface area contributed by atoms with Crippen LogP contribution < -0.4 is 0 Å². The Morgan fingerprint density at radius 3 is 2.50 bits per heavy atom. The van der Waals surface area contributed by atoms with E-state index in [0.717, 1.165) is 6.07 Å². The maximum absolute atomic E-state index is 12.7. The number of rotatable bonds is 3. The smallest absolute Gasteiger partial charge is 0.294 e. The second-order valence-corrected chi connectivity index (χ2v) is 4.25. The Morgan fingerprint density at radius 2 is 2.00 bits per heavy atom. The van der Waals surface area contributed by atoms with Gasteiger partial charge in [-0.15, -0.1) is 11.6 Å². The van der Waals surface area contributed by atoms with E-state index >= 15 is 0 Å². The number of alkyl halides is 4. The van der Waals surface area contributed by atoms with Crippen molar-refractivity contribution in [2.24, 2.45) is 0 Å². The molecular formula is C10H7BrClF3O. The number of hydrogen-bond donors (Lipinski definition) is 0. The predicted octanol–water partition coefficient (Wildman–Crippen LogP) is 4.28. The third-order valence-corrected chi connectivity index (χ3v) is 2.77. The molecule has 1 aromatic rings. The summed E-state index contributed by atoms with van der Waals surface area (Å²) in [5.74, 6) is -0.605. The Labute approximate surface area is 104 Å².